The van der Waals surface area contributed by atoms with E-state index < -0.39 is 35.5 Å². The van der Waals surface area contributed by atoms with E-state index in [9.17, 15) is 8.78 Å². The lowest BCUT2D eigenvalue weighted by Crippen LogP contribution is -2.41. The molecule has 1 aliphatic heterocycles. The Morgan fingerprint density at radius 1 is 1.04 bits per heavy atom. The van der Waals surface area contributed by atoms with E-state index in [0.29, 0.717) is 12.8 Å². The molecular weight excluding hydrogens is 316 g/mol. The molecule has 24 heavy (non-hydrogen) atoms. The first-order chi connectivity index (χ1) is 11.1. The van der Waals surface area contributed by atoms with Gasteiger partial charge in [-0.2, -0.15) is 0 Å². The van der Waals surface area contributed by atoms with Crippen molar-refractivity contribution in [1.82, 2.24) is 0 Å². The largest absolute Gasteiger partial charge is 0.525 e. The fraction of sp³-hybridized carbons (Fsp3) is 0.556. The summed E-state index contributed by atoms with van der Waals surface area (Å²) < 4.78 is 55.8. The first-order valence-electron chi connectivity index (χ1n) is 8.27. The maximum Gasteiger partial charge on any atom is 0.525 e. The number of rotatable bonds is 1. The first-order valence-corrected chi connectivity index (χ1v) is 8.27. The average Bonchev–Trinajstić information content (AvgIpc) is 2.61. The molecular formula is C18H22BF3O2. The number of hydrogen-bond acceptors (Lipinski definition) is 2. The normalized spacial score (nSPS) is 26.7. The molecule has 0 spiro atoms. The van der Waals surface area contributed by atoms with Crippen LogP contribution in [0.1, 0.15) is 51.7 Å². The van der Waals surface area contributed by atoms with E-state index in [2.05, 4.69) is 0 Å². The molecule has 1 fully saturated rings. The van der Waals surface area contributed by atoms with E-state index >= 15 is 4.39 Å². The van der Waals surface area contributed by atoms with Gasteiger partial charge in [0.2, 0.25) is 0 Å². The number of aryl methyl sites for hydroxylation is 1. The van der Waals surface area contributed by atoms with Crippen molar-refractivity contribution in [2.24, 2.45) is 0 Å². The summed E-state index contributed by atoms with van der Waals surface area (Å²) in [4.78, 5) is 0. The second-order valence-electron chi connectivity index (χ2n) is 7.53. The minimum Gasteiger partial charge on any atom is -0.398 e. The van der Waals surface area contributed by atoms with Gasteiger partial charge in [0.15, 0.2) is 0 Å². The van der Waals surface area contributed by atoms with Crippen molar-refractivity contribution in [2.45, 2.75) is 64.1 Å². The minimum absolute atomic E-state index is 0.257. The third kappa shape index (κ3) is 2.80. The molecule has 1 aromatic carbocycles. The van der Waals surface area contributed by atoms with Gasteiger partial charge in [-0.05, 0) is 51.7 Å². The van der Waals surface area contributed by atoms with Crippen LogP contribution in [-0.2, 0) is 15.7 Å². The summed E-state index contributed by atoms with van der Waals surface area (Å²) in [5.74, 6) is -3.25. The van der Waals surface area contributed by atoms with E-state index in [1.54, 1.807) is 52.0 Å². The highest BCUT2D eigenvalue weighted by molar-refractivity contribution is 6.55. The van der Waals surface area contributed by atoms with Crippen LogP contribution in [-0.4, -0.2) is 24.2 Å². The Balaban J connectivity index is 2.12. The molecule has 0 radical (unpaired) electrons. The van der Waals surface area contributed by atoms with Crippen LogP contribution in [0.4, 0.5) is 13.2 Å². The van der Waals surface area contributed by atoms with E-state index in [-0.39, 0.29) is 12.0 Å². The zero-order chi connectivity index (χ0) is 17.8. The molecule has 0 unspecified atom stereocenters. The molecule has 1 aliphatic carbocycles. The maximum absolute atomic E-state index is 15.2. The van der Waals surface area contributed by atoms with E-state index in [1.807, 2.05) is 0 Å². The highest BCUT2D eigenvalue weighted by atomic mass is 19.3. The molecule has 0 atom stereocenters. The average molecular weight is 338 g/mol. The van der Waals surface area contributed by atoms with Crippen LogP contribution in [0.3, 0.4) is 0 Å². The van der Waals surface area contributed by atoms with Crippen LogP contribution in [0.25, 0.3) is 5.57 Å². The number of halogens is 3. The second-order valence-corrected chi connectivity index (χ2v) is 7.53. The molecule has 0 amide bonds. The van der Waals surface area contributed by atoms with Gasteiger partial charge in [0, 0.05) is 6.42 Å². The topological polar surface area (TPSA) is 18.5 Å². The van der Waals surface area contributed by atoms with E-state index in [0.717, 1.165) is 5.56 Å². The summed E-state index contributed by atoms with van der Waals surface area (Å²) in [5, 5.41) is 0. The first kappa shape index (κ1) is 17.6. The van der Waals surface area contributed by atoms with Gasteiger partial charge in [0.05, 0.1) is 16.8 Å². The Labute approximate surface area is 141 Å². The number of benzene rings is 1. The van der Waals surface area contributed by atoms with Crippen molar-refractivity contribution in [3.63, 3.8) is 0 Å². The molecule has 1 saturated heterocycles. The monoisotopic (exact) mass is 338 g/mol. The standard InChI is InChI=1S/C18H22BF3O2/c1-16(2)17(3,4)24-19(23-16)15(20)14-13-10-6-5-8-12(13)9-7-11-18(14,21)22/h5-6,8,10H,7,9,11H2,1-4H3. The van der Waals surface area contributed by atoms with Crippen molar-refractivity contribution in [1.29, 1.82) is 0 Å². The molecule has 6 heteroatoms. The van der Waals surface area contributed by atoms with Crippen LogP contribution in [0.5, 0.6) is 0 Å². The fourth-order valence-corrected chi connectivity index (χ4v) is 3.17. The van der Waals surface area contributed by atoms with Gasteiger partial charge in [0.25, 0.3) is 5.92 Å². The van der Waals surface area contributed by atoms with Gasteiger partial charge in [-0.1, -0.05) is 24.3 Å². The number of allylic oxidation sites excluding steroid dienone is 1. The summed E-state index contributed by atoms with van der Waals surface area (Å²) in [6.45, 7) is 7.07. The Morgan fingerprint density at radius 3 is 2.25 bits per heavy atom. The molecule has 0 bridgehead atoms. The number of fused-ring (bicyclic) bond motifs is 1. The van der Waals surface area contributed by atoms with Gasteiger partial charge >= 0.3 is 7.12 Å². The zero-order valence-corrected chi connectivity index (χ0v) is 14.5. The summed E-state index contributed by atoms with van der Waals surface area (Å²) in [6.07, 6.45) is 0.431. The van der Waals surface area contributed by atoms with E-state index in [1.165, 1.54) is 0 Å². The van der Waals surface area contributed by atoms with Crippen molar-refractivity contribution < 1.29 is 22.5 Å². The lowest BCUT2D eigenvalue weighted by molar-refractivity contribution is 0.00578. The smallest absolute Gasteiger partial charge is 0.398 e. The number of hydrogen-bond donors (Lipinski definition) is 0. The highest BCUT2D eigenvalue weighted by Gasteiger charge is 2.55. The lowest BCUT2D eigenvalue weighted by Gasteiger charge is -2.32. The summed E-state index contributed by atoms with van der Waals surface area (Å²) in [7, 11) is -1.41. The summed E-state index contributed by atoms with van der Waals surface area (Å²) >= 11 is 0. The van der Waals surface area contributed by atoms with Crippen molar-refractivity contribution in [2.75, 3.05) is 0 Å². The third-order valence-electron chi connectivity index (χ3n) is 5.29. The third-order valence-corrected chi connectivity index (χ3v) is 5.29. The lowest BCUT2D eigenvalue weighted by atomic mass is 9.80. The van der Waals surface area contributed by atoms with Crippen LogP contribution in [0, 0.1) is 0 Å². The Hall–Kier alpha value is -1.27. The molecule has 3 rings (SSSR count). The van der Waals surface area contributed by atoms with Crippen LogP contribution in [0.2, 0.25) is 0 Å². The molecule has 0 N–H and O–H groups in total. The molecule has 0 saturated carbocycles. The van der Waals surface area contributed by atoms with Crippen molar-refractivity contribution >= 4 is 12.7 Å². The molecule has 2 nitrogen and oxygen atoms in total. The molecule has 130 valence electrons. The highest BCUT2D eigenvalue weighted by Crippen LogP contribution is 2.46. The fourth-order valence-electron chi connectivity index (χ4n) is 3.17. The Kier molecular flexibility index (Phi) is 4.12. The van der Waals surface area contributed by atoms with Gasteiger partial charge in [-0.25, -0.2) is 13.2 Å². The maximum atomic E-state index is 15.2. The predicted molar refractivity (Wildman–Crippen MR) is 88.4 cm³/mol. The van der Waals surface area contributed by atoms with Gasteiger partial charge in [-0.3, -0.25) is 0 Å². The SMILES string of the molecule is CC1(C)OB(C(F)=C2c3ccccc3CCCC2(F)F)OC1(C)C. The van der Waals surface area contributed by atoms with Gasteiger partial charge < -0.3 is 9.31 Å². The van der Waals surface area contributed by atoms with Crippen LogP contribution >= 0.6 is 0 Å². The molecule has 2 aliphatic rings. The van der Waals surface area contributed by atoms with E-state index in [4.69, 9.17) is 9.31 Å². The van der Waals surface area contributed by atoms with Crippen LogP contribution < -0.4 is 0 Å². The van der Waals surface area contributed by atoms with Gasteiger partial charge in [0.1, 0.15) is 5.73 Å². The quantitative estimate of drug-likeness (QED) is 0.532. The van der Waals surface area contributed by atoms with Crippen LogP contribution in [0.15, 0.2) is 30.0 Å². The Morgan fingerprint density at radius 2 is 1.62 bits per heavy atom. The summed E-state index contributed by atoms with van der Waals surface area (Å²) in [6, 6.07) is 6.76. The molecule has 1 heterocycles. The van der Waals surface area contributed by atoms with Crippen molar-refractivity contribution in [3.8, 4) is 0 Å². The predicted octanol–water partition coefficient (Wildman–Crippen LogP) is 4.97. The van der Waals surface area contributed by atoms with Crippen molar-refractivity contribution in [3.05, 3.63) is 41.1 Å². The second kappa shape index (κ2) is 5.63. The minimum atomic E-state index is -3.25. The Bertz CT molecular complexity index is 667. The molecule has 0 aromatic heterocycles. The zero-order valence-electron chi connectivity index (χ0n) is 14.5. The van der Waals surface area contributed by atoms with Gasteiger partial charge in [-0.15, -0.1) is 0 Å². The molecule has 1 aromatic rings. The summed E-state index contributed by atoms with van der Waals surface area (Å²) in [5.41, 5.74) is -2.19. The number of alkyl halides is 2.